The van der Waals surface area contributed by atoms with Gasteiger partial charge in [-0.15, -0.1) is 0 Å². The van der Waals surface area contributed by atoms with E-state index in [0.29, 0.717) is 12.2 Å². The van der Waals surface area contributed by atoms with Crippen LogP contribution in [0.4, 0.5) is 4.39 Å². The molecular weight excluding hydrogens is 319 g/mol. The Labute approximate surface area is 147 Å². The number of halogens is 1. The Kier molecular flexibility index (Phi) is 5.48. The molecule has 1 unspecified atom stereocenters. The molecule has 6 heteroatoms. The van der Waals surface area contributed by atoms with Gasteiger partial charge in [0.05, 0.1) is 6.04 Å². The van der Waals surface area contributed by atoms with Crippen LogP contribution in [-0.2, 0) is 6.42 Å². The Morgan fingerprint density at radius 2 is 2.00 bits per heavy atom. The van der Waals surface area contributed by atoms with Crippen molar-refractivity contribution in [2.24, 2.45) is 0 Å². The number of hydrogen-bond donors (Lipinski definition) is 2. The SMILES string of the molecule is CCc1[nH]nc(C(=O)NCC(c2ccc(F)cc2)N2CCCC2)c1C. The van der Waals surface area contributed by atoms with Crippen molar-refractivity contribution in [2.75, 3.05) is 19.6 Å². The Bertz CT molecular complexity index is 720. The number of amides is 1. The van der Waals surface area contributed by atoms with Crippen molar-refractivity contribution >= 4 is 5.91 Å². The van der Waals surface area contributed by atoms with Gasteiger partial charge in [-0.25, -0.2) is 4.39 Å². The number of carbonyl (C=O) groups excluding carboxylic acids is 1. The van der Waals surface area contributed by atoms with Crippen LogP contribution < -0.4 is 5.32 Å². The summed E-state index contributed by atoms with van der Waals surface area (Å²) in [6.45, 7) is 6.42. The maximum atomic E-state index is 13.2. The number of aryl methyl sites for hydroxylation is 1. The van der Waals surface area contributed by atoms with Gasteiger partial charge in [-0.2, -0.15) is 5.10 Å². The molecule has 0 saturated carbocycles. The maximum absolute atomic E-state index is 13.2. The third-order valence-electron chi connectivity index (χ3n) is 4.97. The summed E-state index contributed by atoms with van der Waals surface area (Å²) in [7, 11) is 0. The number of aromatic nitrogens is 2. The van der Waals surface area contributed by atoms with Crippen LogP contribution >= 0.6 is 0 Å². The van der Waals surface area contributed by atoms with Gasteiger partial charge in [-0.3, -0.25) is 14.8 Å². The van der Waals surface area contributed by atoms with Gasteiger partial charge in [0, 0.05) is 17.8 Å². The van der Waals surface area contributed by atoms with Crippen molar-refractivity contribution in [3.63, 3.8) is 0 Å². The van der Waals surface area contributed by atoms with E-state index in [2.05, 4.69) is 20.4 Å². The molecule has 5 nitrogen and oxygen atoms in total. The molecule has 0 spiro atoms. The molecule has 3 rings (SSSR count). The normalized spacial score (nSPS) is 16.1. The molecular formula is C19H25FN4O. The summed E-state index contributed by atoms with van der Waals surface area (Å²) in [5.41, 5.74) is 3.37. The predicted molar refractivity (Wildman–Crippen MR) is 95.0 cm³/mol. The monoisotopic (exact) mass is 344 g/mol. The fourth-order valence-corrected chi connectivity index (χ4v) is 3.47. The van der Waals surface area contributed by atoms with Crippen molar-refractivity contribution < 1.29 is 9.18 Å². The summed E-state index contributed by atoms with van der Waals surface area (Å²) in [5.74, 6) is -0.410. The lowest BCUT2D eigenvalue weighted by Crippen LogP contribution is -2.37. The number of benzene rings is 1. The average Bonchev–Trinajstić information content (AvgIpc) is 3.26. The van der Waals surface area contributed by atoms with E-state index >= 15 is 0 Å². The zero-order valence-electron chi connectivity index (χ0n) is 14.8. The van der Waals surface area contributed by atoms with Crippen LogP contribution in [-0.4, -0.2) is 40.6 Å². The second-order valence-electron chi connectivity index (χ2n) is 6.55. The average molecular weight is 344 g/mol. The molecule has 0 bridgehead atoms. The highest BCUT2D eigenvalue weighted by molar-refractivity contribution is 5.93. The van der Waals surface area contributed by atoms with Crippen molar-refractivity contribution in [3.05, 3.63) is 52.6 Å². The Morgan fingerprint density at radius 1 is 1.32 bits per heavy atom. The molecule has 1 fully saturated rings. The third kappa shape index (κ3) is 3.90. The molecule has 134 valence electrons. The van der Waals surface area contributed by atoms with Gasteiger partial charge < -0.3 is 5.32 Å². The molecule has 1 aliphatic rings. The molecule has 1 aromatic carbocycles. The van der Waals surface area contributed by atoms with Gasteiger partial charge >= 0.3 is 0 Å². The van der Waals surface area contributed by atoms with Crippen molar-refractivity contribution in [3.8, 4) is 0 Å². The summed E-state index contributed by atoms with van der Waals surface area (Å²) in [5, 5.41) is 10.1. The first-order chi connectivity index (χ1) is 12.1. The molecule has 1 saturated heterocycles. The number of nitrogens with zero attached hydrogens (tertiary/aromatic N) is 2. The van der Waals surface area contributed by atoms with Crippen LogP contribution in [0.25, 0.3) is 0 Å². The Morgan fingerprint density at radius 3 is 2.60 bits per heavy atom. The predicted octanol–water partition coefficient (Wildman–Crippen LogP) is 2.99. The van der Waals surface area contributed by atoms with Gasteiger partial charge in [-0.1, -0.05) is 19.1 Å². The number of nitrogens with one attached hydrogen (secondary N) is 2. The minimum atomic E-state index is -0.243. The molecule has 1 atom stereocenters. The van der Waals surface area contributed by atoms with E-state index in [-0.39, 0.29) is 17.8 Å². The zero-order valence-corrected chi connectivity index (χ0v) is 14.8. The first-order valence-corrected chi connectivity index (χ1v) is 8.91. The minimum absolute atomic E-state index is 0.0527. The Hall–Kier alpha value is -2.21. The molecule has 0 radical (unpaired) electrons. The molecule has 2 heterocycles. The van der Waals surface area contributed by atoms with Crippen LogP contribution in [0, 0.1) is 12.7 Å². The third-order valence-corrected chi connectivity index (χ3v) is 4.97. The highest BCUT2D eigenvalue weighted by atomic mass is 19.1. The molecule has 1 aliphatic heterocycles. The van der Waals surface area contributed by atoms with Crippen LogP contribution in [0.5, 0.6) is 0 Å². The molecule has 25 heavy (non-hydrogen) atoms. The second kappa shape index (κ2) is 7.78. The minimum Gasteiger partial charge on any atom is -0.349 e. The highest BCUT2D eigenvalue weighted by Crippen LogP contribution is 2.25. The lowest BCUT2D eigenvalue weighted by Gasteiger charge is -2.28. The first kappa shape index (κ1) is 17.6. The molecule has 1 aromatic heterocycles. The van der Waals surface area contributed by atoms with Gasteiger partial charge in [0.25, 0.3) is 5.91 Å². The summed E-state index contributed by atoms with van der Waals surface area (Å²) in [4.78, 5) is 14.9. The maximum Gasteiger partial charge on any atom is 0.272 e. The van der Waals surface area contributed by atoms with Gasteiger partial charge in [0.1, 0.15) is 5.82 Å². The van der Waals surface area contributed by atoms with Crippen LogP contribution in [0.2, 0.25) is 0 Å². The fourth-order valence-electron chi connectivity index (χ4n) is 3.47. The zero-order chi connectivity index (χ0) is 17.8. The standard InChI is InChI=1S/C19H25FN4O/c1-3-16-13(2)18(23-22-16)19(25)21-12-17(24-10-4-5-11-24)14-6-8-15(20)9-7-14/h6-9,17H,3-5,10-12H2,1-2H3,(H,21,25)(H,22,23). The van der Waals surface area contributed by atoms with Crippen molar-refractivity contribution in [1.82, 2.24) is 20.4 Å². The quantitative estimate of drug-likeness (QED) is 0.847. The topological polar surface area (TPSA) is 61.0 Å². The molecule has 2 N–H and O–H groups in total. The highest BCUT2D eigenvalue weighted by Gasteiger charge is 2.25. The van der Waals surface area contributed by atoms with E-state index in [9.17, 15) is 9.18 Å². The summed E-state index contributed by atoms with van der Waals surface area (Å²) in [6, 6.07) is 6.62. The first-order valence-electron chi connectivity index (χ1n) is 8.91. The lowest BCUT2D eigenvalue weighted by atomic mass is 10.1. The smallest absolute Gasteiger partial charge is 0.272 e. The molecule has 0 aliphatic carbocycles. The van der Waals surface area contributed by atoms with E-state index in [1.165, 1.54) is 12.1 Å². The van der Waals surface area contributed by atoms with E-state index in [1.807, 2.05) is 13.8 Å². The van der Waals surface area contributed by atoms with Gasteiger partial charge in [-0.05, 0) is 57.0 Å². The van der Waals surface area contributed by atoms with E-state index in [4.69, 9.17) is 0 Å². The largest absolute Gasteiger partial charge is 0.349 e. The molecule has 2 aromatic rings. The van der Waals surface area contributed by atoms with Crippen molar-refractivity contribution in [1.29, 1.82) is 0 Å². The van der Waals surface area contributed by atoms with Gasteiger partial charge in [0.15, 0.2) is 5.69 Å². The Balaban J connectivity index is 1.72. The van der Waals surface area contributed by atoms with Crippen LogP contribution in [0.1, 0.15) is 53.1 Å². The molecule has 1 amide bonds. The fraction of sp³-hybridized carbons (Fsp3) is 0.474. The van der Waals surface area contributed by atoms with E-state index in [0.717, 1.165) is 49.2 Å². The number of H-pyrrole nitrogens is 1. The van der Waals surface area contributed by atoms with Gasteiger partial charge in [0.2, 0.25) is 0 Å². The second-order valence-corrected chi connectivity index (χ2v) is 6.55. The summed E-state index contributed by atoms with van der Waals surface area (Å²) < 4.78 is 13.2. The number of rotatable bonds is 6. The number of likely N-dealkylation sites (tertiary alicyclic amines) is 1. The number of hydrogen-bond acceptors (Lipinski definition) is 3. The van der Waals surface area contributed by atoms with Crippen molar-refractivity contribution in [2.45, 2.75) is 39.2 Å². The number of aromatic amines is 1. The number of carbonyl (C=O) groups is 1. The summed E-state index contributed by atoms with van der Waals surface area (Å²) in [6.07, 6.45) is 3.13. The van der Waals surface area contributed by atoms with Crippen LogP contribution in [0.3, 0.4) is 0 Å². The van der Waals surface area contributed by atoms with Crippen LogP contribution in [0.15, 0.2) is 24.3 Å². The lowest BCUT2D eigenvalue weighted by molar-refractivity contribution is 0.0932. The summed E-state index contributed by atoms with van der Waals surface area (Å²) >= 11 is 0. The van der Waals surface area contributed by atoms with E-state index < -0.39 is 0 Å². The van der Waals surface area contributed by atoms with E-state index in [1.54, 1.807) is 12.1 Å².